The standard InChI is InChI=1S/C17H28N2O3S/c1-6-14-9-11-15(12-10-14)19(23(5,21)22)13-7-8-16(20)18-17(2,3)4/h9-12H,6-8,13H2,1-5H3,(H,18,20). The number of anilines is 1. The molecule has 6 heteroatoms. The summed E-state index contributed by atoms with van der Waals surface area (Å²) in [5.41, 5.74) is 1.52. The minimum absolute atomic E-state index is 0.0627. The molecule has 0 saturated heterocycles. The lowest BCUT2D eigenvalue weighted by Crippen LogP contribution is -2.41. The molecule has 1 aromatic carbocycles. The number of hydrogen-bond acceptors (Lipinski definition) is 3. The molecule has 1 N–H and O–H groups in total. The normalized spacial score (nSPS) is 12.0. The van der Waals surface area contributed by atoms with Crippen molar-refractivity contribution in [2.45, 2.75) is 52.5 Å². The molecule has 0 atom stereocenters. The summed E-state index contributed by atoms with van der Waals surface area (Å²) >= 11 is 0. The summed E-state index contributed by atoms with van der Waals surface area (Å²) in [6.07, 6.45) is 2.88. The molecule has 1 amide bonds. The fourth-order valence-corrected chi connectivity index (χ4v) is 3.21. The van der Waals surface area contributed by atoms with Crippen molar-refractivity contribution in [1.29, 1.82) is 0 Å². The molecule has 5 nitrogen and oxygen atoms in total. The van der Waals surface area contributed by atoms with Gasteiger partial charge in [0.1, 0.15) is 0 Å². The molecule has 1 rings (SSSR count). The maximum absolute atomic E-state index is 12.0. The Morgan fingerprint density at radius 3 is 2.17 bits per heavy atom. The predicted octanol–water partition coefficient (Wildman–Crippen LogP) is 2.71. The largest absolute Gasteiger partial charge is 0.352 e. The highest BCUT2D eigenvalue weighted by molar-refractivity contribution is 7.92. The minimum Gasteiger partial charge on any atom is -0.352 e. The highest BCUT2D eigenvalue weighted by atomic mass is 32.2. The summed E-state index contributed by atoms with van der Waals surface area (Å²) in [5, 5.41) is 2.88. The van der Waals surface area contributed by atoms with Crippen LogP contribution in [0.3, 0.4) is 0 Å². The van der Waals surface area contributed by atoms with Crippen molar-refractivity contribution in [3.8, 4) is 0 Å². The molecule has 130 valence electrons. The number of hydrogen-bond donors (Lipinski definition) is 1. The van der Waals surface area contributed by atoms with E-state index in [1.54, 1.807) is 0 Å². The van der Waals surface area contributed by atoms with Gasteiger partial charge in [0, 0.05) is 18.5 Å². The van der Waals surface area contributed by atoms with E-state index in [9.17, 15) is 13.2 Å². The van der Waals surface area contributed by atoms with Gasteiger partial charge in [0.2, 0.25) is 15.9 Å². The molecule has 23 heavy (non-hydrogen) atoms. The quantitative estimate of drug-likeness (QED) is 0.830. The van der Waals surface area contributed by atoms with Gasteiger partial charge in [-0.25, -0.2) is 8.42 Å². The lowest BCUT2D eigenvalue weighted by Gasteiger charge is -2.24. The number of rotatable bonds is 7. The fourth-order valence-electron chi connectivity index (χ4n) is 2.25. The summed E-state index contributed by atoms with van der Waals surface area (Å²) in [4.78, 5) is 11.8. The van der Waals surface area contributed by atoms with Crippen LogP contribution >= 0.6 is 0 Å². The molecular formula is C17H28N2O3S. The average Bonchev–Trinajstić information content (AvgIpc) is 2.40. The van der Waals surface area contributed by atoms with E-state index in [0.717, 1.165) is 12.0 Å². The van der Waals surface area contributed by atoms with Crippen molar-refractivity contribution in [3.63, 3.8) is 0 Å². The lowest BCUT2D eigenvalue weighted by molar-refractivity contribution is -0.122. The molecule has 0 saturated carbocycles. The number of nitrogens with one attached hydrogen (secondary N) is 1. The highest BCUT2D eigenvalue weighted by Gasteiger charge is 2.18. The zero-order valence-corrected chi connectivity index (χ0v) is 15.5. The van der Waals surface area contributed by atoms with Gasteiger partial charge in [0.05, 0.1) is 11.9 Å². The number of carbonyl (C=O) groups excluding carboxylic acids is 1. The number of nitrogens with zero attached hydrogens (tertiary/aromatic N) is 1. The summed E-state index contributed by atoms with van der Waals surface area (Å²) in [5.74, 6) is -0.0627. The third-order valence-corrected chi connectivity index (χ3v) is 4.51. The number of benzene rings is 1. The predicted molar refractivity (Wildman–Crippen MR) is 95.1 cm³/mol. The van der Waals surface area contributed by atoms with Gasteiger partial charge in [-0.05, 0) is 51.3 Å². The van der Waals surface area contributed by atoms with Gasteiger partial charge in [-0.1, -0.05) is 19.1 Å². The van der Waals surface area contributed by atoms with Crippen LogP contribution in [0.4, 0.5) is 5.69 Å². The van der Waals surface area contributed by atoms with E-state index < -0.39 is 10.0 Å². The van der Waals surface area contributed by atoms with Crippen LogP contribution in [0.5, 0.6) is 0 Å². The number of amides is 1. The van der Waals surface area contributed by atoms with Gasteiger partial charge in [-0.3, -0.25) is 9.10 Å². The average molecular weight is 340 g/mol. The molecule has 0 fully saturated rings. The Kier molecular flexibility index (Phi) is 6.62. The number of aryl methyl sites for hydroxylation is 1. The Morgan fingerprint density at radius 1 is 1.17 bits per heavy atom. The van der Waals surface area contributed by atoms with Crippen molar-refractivity contribution in [2.24, 2.45) is 0 Å². The maximum Gasteiger partial charge on any atom is 0.232 e. The Labute approximate surface area is 140 Å². The van der Waals surface area contributed by atoms with Gasteiger partial charge in [0.15, 0.2) is 0 Å². The molecule has 0 aliphatic rings. The van der Waals surface area contributed by atoms with Gasteiger partial charge < -0.3 is 5.32 Å². The Morgan fingerprint density at radius 2 is 1.74 bits per heavy atom. The Bertz CT molecular complexity index is 616. The second kappa shape index (κ2) is 7.81. The Balaban J connectivity index is 2.72. The van der Waals surface area contributed by atoms with Gasteiger partial charge in [-0.2, -0.15) is 0 Å². The molecule has 0 unspecified atom stereocenters. The SMILES string of the molecule is CCc1ccc(N(CCCC(=O)NC(C)(C)C)S(C)(=O)=O)cc1. The molecule has 0 aliphatic heterocycles. The first-order chi connectivity index (χ1) is 10.5. The molecule has 0 aliphatic carbocycles. The minimum atomic E-state index is -3.37. The van der Waals surface area contributed by atoms with Crippen LogP contribution in [0.25, 0.3) is 0 Å². The molecule has 0 radical (unpaired) electrons. The molecule has 0 heterocycles. The van der Waals surface area contributed by atoms with E-state index in [1.807, 2.05) is 45.0 Å². The monoisotopic (exact) mass is 340 g/mol. The van der Waals surface area contributed by atoms with Crippen LogP contribution in [-0.2, 0) is 21.2 Å². The highest BCUT2D eigenvalue weighted by Crippen LogP contribution is 2.19. The van der Waals surface area contributed by atoms with Crippen LogP contribution in [0.1, 0.15) is 46.1 Å². The topological polar surface area (TPSA) is 66.5 Å². The van der Waals surface area contributed by atoms with Crippen molar-refractivity contribution < 1.29 is 13.2 Å². The second-order valence-electron chi connectivity index (χ2n) is 6.76. The number of sulfonamides is 1. The summed E-state index contributed by atoms with van der Waals surface area (Å²) in [7, 11) is -3.37. The third kappa shape index (κ3) is 7.03. The molecule has 0 bridgehead atoms. The lowest BCUT2D eigenvalue weighted by atomic mass is 10.1. The zero-order chi connectivity index (χ0) is 17.7. The molecule has 0 aromatic heterocycles. The first-order valence-corrected chi connectivity index (χ1v) is 9.75. The smallest absolute Gasteiger partial charge is 0.232 e. The van der Waals surface area contributed by atoms with Gasteiger partial charge >= 0.3 is 0 Å². The van der Waals surface area contributed by atoms with Gasteiger partial charge in [0.25, 0.3) is 0 Å². The molecule has 0 spiro atoms. The van der Waals surface area contributed by atoms with Crippen LogP contribution in [-0.4, -0.2) is 32.7 Å². The van der Waals surface area contributed by atoms with E-state index in [2.05, 4.69) is 12.2 Å². The van der Waals surface area contributed by atoms with E-state index >= 15 is 0 Å². The van der Waals surface area contributed by atoms with Crippen LogP contribution in [0.15, 0.2) is 24.3 Å². The van der Waals surface area contributed by atoms with Crippen molar-refractivity contribution in [1.82, 2.24) is 5.32 Å². The van der Waals surface area contributed by atoms with Crippen molar-refractivity contribution in [3.05, 3.63) is 29.8 Å². The molecule has 1 aromatic rings. The first kappa shape index (κ1) is 19.5. The van der Waals surface area contributed by atoms with E-state index in [1.165, 1.54) is 10.6 Å². The zero-order valence-electron chi connectivity index (χ0n) is 14.7. The van der Waals surface area contributed by atoms with Crippen molar-refractivity contribution in [2.75, 3.05) is 17.1 Å². The first-order valence-electron chi connectivity index (χ1n) is 7.90. The fraction of sp³-hybridized carbons (Fsp3) is 0.588. The van der Waals surface area contributed by atoms with E-state index in [4.69, 9.17) is 0 Å². The van der Waals surface area contributed by atoms with Crippen LogP contribution in [0.2, 0.25) is 0 Å². The Hall–Kier alpha value is -1.56. The van der Waals surface area contributed by atoms with E-state index in [0.29, 0.717) is 25.1 Å². The van der Waals surface area contributed by atoms with Crippen LogP contribution in [0, 0.1) is 0 Å². The maximum atomic E-state index is 12.0. The van der Waals surface area contributed by atoms with Crippen LogP contribution < -0.4 is 9.62 Å². The second-order valence-corrected chi connectivity index (χ2v) is 8.66. The molecular weight excluding hydrogens is 312 g/mol. The summed E-state index contributed by atoms with van der Waals surface area (Å²) < 4.78 is 25.4. The van der Waals surface area contributed by atoms with Gasteiger partial charge in [-0.15, -0.1) is 0 Å². The summed E-state index contributed by atoms with van der Waals surface area (Å²) in [6.45, 7) is 8.11. The number of carbonyl (C=O) groups is 1. The van der Waals surface area contributed by atoms with E-state index in [-0.39, 0.29) is 11.4 Å². The van der Waals surface area contributed by atoms with Crippen molar-refractivity contribution >= 4 is 21.6 Å². The summed E-state index contributed by atoms with van der Waals surface area (Å²) in [6, 6.07) is 7.49. The third-order valence-electron chi connectivity index (χ3n) is 3.31.